The summed E-state index contributed by atoms with van der Waals surface area (Å²) in [4.78, 5) is 0. The molecule has 18 heavy (non-hydrogen) atoms. The Balaban J connectivity index is 2.01. The van der Waals surface area contributed by atoms with E-state index in [2.05, 4.69) is 15.5 Å². The number of aromatic nitrogens is 2. The van der Waals surface area contributed by atoms with E-state index >= 15 is 0 Å². The smallest absolute Gasteiger partial charge is 0.356 e. The number of nitrogens with zero attached hydrogens (tertiary/aromatic N) is 2. The maximum absolute atomic E-state index is 12.3. The number of aryl methyl sites for hydroxylation is 1. The van der Waals surface area contributed by atoms with Crippen LogP contribution in [0.25, 0.3) is 0 Å². The van der Waals surface area contributed by atoms with Crippen molar-refractivity contribution in [2.24, 2.45) is 0 Å². The summed E-state index contributed by atoms with van der Waals surface area (Å²) in [6.07, 6.45) is -4.43. The summed E-state index contributed by atoms with van der Waals surface area (Å²) in [6.45, 7) is 2.38. The molecule has 7 heteroatoms. The van der Waals surface area contributed by atoms with Gasteiger partial charge in [-0.05, 0) is 12.5 Å². The van der Waals surface area contributed by atoms with Crippen molar-refractivity contribution >= 4 is 16.5 Å². The van der Waals surface area contributed by atoms with Gasteiger partial charge < -0.3 is 5.32 Å². The highest BCUT2D eigenvalue weighted by Crippen LogP contribution is 2.33. The molecule has 1 aromatic heterocycles. The molecule has 0 radical (unpaired) electrons. The van der Waals surface area contributed by atoms with E-state index in [-0.39, 0.29) is 5.13 Å². The molecule has 1 aromatic carbocycles. The Morgan fingerprint density at radius 2 is 2.06 bits per heavy atom. The number of hydrogen-bond acceptors (Lipinski definition) is 4. The first kappa shape index (κ1) is 12.8. The Kier molecular flexibility index (Phi) is 3.51. The maximum Gasteiger partial charge on any atom is 0.445 e. The van der Waals surface area contributed by atoms with Gasteiger partial charge in [0.15, 0.2) is 0 Å². The van der Waals surface area contributed by atoms with Gasteiger partial charge in [0.25, 0.3) is 0 Å². The number of anilines is 1. The summed E-state index contributed by atoms with van der Waals surface area (Å²) in [5, 5.41) is 8.62. The number of rotatable bonds is 3. The Morgan fingerprint density at radius 3 is 2.67 bits per heavy atom. The lowest BCUT2D eigenvalue weighted by molar-refractivity contribution is -0.138. The van der Waals surface area contributed by atoms with Crippen molar-refractivity contribution in [3.63, 3.8) is 0 Å². The average Bonchev–Trinajstić information content (AvgIpc) is 2.74. The van der Waals surface area contributed by atoms with Gasteiger partial charge in [0.2, 0.25) is 10.1 Å². The largest absolute Gasteiger partial charge is 0.445 e. The van der Waals surface area contributed by atoms with Crippen LogP contribution in [0.4, 0.5) is 18.3 Å². The highest BCUT2D eigenvalue weighted by Gasteiger charge is 2.35. The van der Waals surface area contributed by atoms with Gasteiger partial charge in [-0.1, -0.05) is 41.2 Å². The Bertz CT molecular complexity index is 536. The van der Waals surface area contributed by atoms with Gasteiger partial charge in [-0.15, -0.1) is 10.2 Å². The van der Waals surface area contributed by atoms with Crippen LogP contribution in [0.1, 0.15) is 16.1 Å². The van der Waals surface area contributed by atoms with E-state index in [1.807, 2.05) is 31.2 Å². The van der Waals surface area contributed by atoms with Crippen molar-refractivity contribution in [2.75, 3.05) is 5.32 Å². The number of alkyl halides is 3. The molecule has 96 valence electrons. The van der Waals surface area contributed by atoms with Crippen molar-refractivity contribution in [2.45, 2.75) is 19.6 Å². The molecule has 0 aliphatic heterocycles. The van der Waals surface area contributed by atoms with Crippen LogP contribution in [-0.2, 0) is 12.7 Å². The molecule has 3 nitrogen and oxygen atoms in total. The van der Waals surface area contributed by atoms with Gasteiger partial charge in [-0.25, -0.2) is 0 Å². The molecule has 0 aliphatic carbocycles. The Labute approximate surface area is 106 Å². The van der Waals surface area contributed by atoms with Crippen LogP contribution in [0.3, 0.4) is 0 Å². The van der Waals surface area contributed by atoms with Crippen molar-refractivity contribution in [1.82, 2.24) is 10.2 Å². The lowest BCUT2D eigenvalue weighted by Crippen LogP contribution is -2.03. The summed E-state index contributed by atoms with van der Waals surface area (Å²) in [5.41, 5.74) is 2.08. The molecule has 1 N–H and O–H groups in total. The summed E-state index contributed by atoms with van der Waals surface area (Å²) in [5.74, 6) is 0. The summed E-state index contributed by atoms with van der Waals surface area (Å²) in [6, 6.07) is 7.70. The van der Waals surface area contributed by atoms with Gasteiger partial charge in [0.05, 0.1) is 0 Å². The van der Waals surface area contributed by atoms with E-state index in [4.69, 9.17) is 0 Å². The van der Waals surface area contributed by atoms with Crippen LogP contribution < -0.4 is 5.32 Å². The molecule has 0 bridgehead atoms. The van der Waals surface area contributed by atoms with Gasteiger partial charge >= 0.3 is 6.18 Å². The fourth-order valence-electron chi connectivity index (χ4n) is 1.41. The minimum atomic E-state index is -4.43. The Morgan fingerprint density at radius 1 is 1.28 bits per heavy atom. The fourth-order valence-corrected chi connectivity index (χ4v) is 2.02. The minimum absolute atomic E-state index is 0.170. The highest BCUT2D eigenvalue weighted by atomic mass is 32.1. The van der Waals surface area contributed by atoms with E-state index in [0.29, 0.717) is 17.9 Å². The van der Waals surface area contributed by atoms with Gasteiger partial charge in [-0.2, -0.15) is 13.2 Å². The molecular weight excluding hydrogens is 263 g/mol. The van der Waals surface area contributed by atoms with Crippen LogP contribution in [0.15, 0.2) is 24.3 Å². The molecule has 2 aromatic rings. The van der Waals surface area contributed by atoms with Crippen molar-refractivity contribution in [1.29, 1.82) is 0 Å². The van der Waals surface area contributed by atoms with E-state index in [1.54, 1.807) is 0 Å². The fraction of sp³-hybridized carbons (Fsp3) is 0.273. The van der Waals surface area contributed by atoms with E-state index in [1.165, 1.54) is 0 Å². The second-order valence-corrected chi connectivity index (χ2v) is 4.73. The molecule has 0 atom stereocenters. The van der Waals surface area contributed by atoms with Crippen LogP contribution >= 0.6 is 11.3 Å². The molecule has 0 spiro atoms. The predicted octanol–water partition coefficient (Wildman–Crippen LogP) is 3.48. The molecular formula is C11H10F3N3S. The first-order valence-corrected chi connectivity index (χ1v) is 5.97. The van der Waals surface area contributed by atoms with Gasteiger partial charge in [-0.3, -0.25) is 0 Å². The van der Waals surface area contributed by atoms with Crippen LogP contribution in [0.5, 0.6) is 0 Å². The molecule has 0 fully saturated rings. The second kappa shape index (κ2) is 4.93. The molecule has 2 rings (SSSR count). The standard InChI is InChI=1S/C11H10F3N3S/c1-7-3-2-4-8(5-7)6-15-10-17-16-9(18-10)11(12,13)14/h2-5H,6H2,1H3,(H,15,17). The molecule has 1 heterocycles. The maximum atomic E-state index is 12.3. The molecule has 0 unspecified atom stereocenters. The van der Waals surface area contributed by atoms with Crippen molar-refractivity contribution in [3.8, 4) is 0 Å². The number of nitrogens with one attached hydrogen (secondary N) is 1. The van der Waals surface area contributed by atoms with Crippen molar-refractivity contribution < 1.29 is 13.2 Å². The molecule has 0 amide bonds. The Hall–Kier alpha value is -1.63. The molecule has 0 saturated heterocycles. The first-order valence-electron chi connectivity index (χ1n) is 5.15. The van der Waals surface area contributed by atoms with Gasteiger partial charge in [0.1, 0.15) is 0 Å². The van der Waals surface area contributed by atoms with Crippen LogP contribution in [0, 0.1) is 6.92 Å². The third-order valence-corrected chi connectivity index (χ3v) is 3.12. The quantitative estimate of drug-likeness (QED) is 0.930. The topological polar surface area (TPSA) is 37.8 Å². The second-order valence-electron chi connectivity index (χ2n) is 3.75. The monoisotopic (exact) mass is 273 g/mol. The summed E-state index contributed by atoms with van der Waals surface area (Å²) in [7, 11) is 0. The van der Waals surface area contributed by atoms with Gasteiger partial charge in [0, 0.05) is 6.54 Å². The lowest BCUT2D eigenvalue weighted by Gasteiger charge is -2.03. The number of hydrogen-bond donors (Lipinski definition) is 1. The minimum Gasteiger partial charge on any atom is -0.356 e. The van der Waals surface area contributed by atoms with Crippen molar-refractivity contribution in [3.05, 3.63) is 40.4 Å². The third kappa shape index (κ3) is 3.19. The van der Waals surface area contributed by atoms with Crippen LogP contribution in [-0.4, -0.2) is 10.2 Å². The molecule has 0 aliphatic rings. The number of benzene rings is 1. The highest BCUT2D eigenvalue weighted by molar-refractivity contribution is 7.15. The molecule has 0 saturated carbocycles. The van der Waals surface area contributed by atoms with E-state index in [9.17, 15) is 13.2 Å². The third-order valence-electron chi connectivity index (χ3n) is 2.19. The SMILES string of the molecule is Cc1cccc(CNc2nnc(C(F)(F)F)s2)c1. The van der Waals surface area contributed by atoms with Crippen LogP contribution in [0.2, 0.25) is 0 Å². The lowest BCUT2D eigenvalue weighted by atomic mass is 10.1. The zero-order valence-electron chi connectivity index (χ0n) is 9.45. The van der Waals surface area contributed by atoms with E-state index < -0.39 is 11.2 Å². The summed E-state index contributed by atoms with van der Waals surface area (Å²) >= 11 is 0.505. The zero-order chi connectivity index (χ0) is 13.2. The first-order chi connectivity index (χ1) is 8.45. The number of halogens is 3. The average molecular weight is 273 g/mol. The summed E-state index contributed by atoms with van der Waals surface area (Å²) < 4.78 is 36.9. The normalized spacial score (nSPS) is 11.6. The predicted molar refractivity (Wildman–Crippen MR) is 63.4 cm³/mol. The zero-order valence-corrected chi connectivity index (χ0v) is 10.3. The van der Waals surface area contributed by atoms with E-state index in [0.717, 1.165) is 11.1 Å².